The number of hydrogen-bond acceptors (Lipinski definition) is 3. The van der Waals surface area contributed by atoms with Crippen LogP contribution >= 0.6 is 11.6 Å². The second-order valence-corrected chi connectivity index (χ2v) is 5.67. The molecule has 0 aliphatic carbocycles. The smallest absolute Gasteiger partial charge is 0.120 e. The highest BCUT2D eigenvalue weighted by Gasteiger charge is 2.25. The van der Waals surface area contributed by atoms with Crippen molar-refractivity contribution in [2.75, 3.05) is 13.1 Å². The van der Waals surface area contributed by atoms with Crippen molar-refractivity contribution in [2.45, 2.75) is 32.4 Å². The maximum absolute atomic E-state index is 9.86. The van der Waals surface area contributed by atoms with Gasteiger partial charge in [0, 0.05) is 29.7 Å². The van der Waals surface area contributed by atoms with Crippen molar-refractivity contribution in [1.82, 2.24) is 4.90 Å². The van der Waals surface area contributed by atoms with Crippen LogP contribution in [-0.4, -0.2) is 29.1 Å². The maximum atomic E-state index is 9.86. The van der Waals surface area contributed by atoms with Gasteiger partial charge in [0.05, 0.1) is 0 Å². The molecule has 1 aromatic carbocycles. The molecule has 2 rings (SSSR count). The van der Waals surface area contributed by atoms with E-state index in [1.807, 2.05) is 6.07 Å². The summed E-state index contributed by atoms with van der Waals surface area (Å²) in [5, 5.41) is 10.5. The standard InChI is InChI=1S/C14H21ClN2O/c1-10-2-3-11(7-16)8-17(10)9-12-6-13(15)4-5-14(12)18/h4-6,10-11,18H,2-3,7-9,16H2,1H3. The number of nitrogens with two attached hydrogens (primary N) is 1. The predicted molar refractivity (Wildman–Crippen MR) is 74.8 cm³/mol. The van der Waals surface area contributed by atoms with Crippen LogP contribution in [0.3, 0.4) is 0 Å². The van der Waals surface area contributed by atoms with Gasteiger partial charge in [-0.2, -0.15) is 0 Å². The Morgan fingerprint density at radius 1 is 1.44 bits per heavy atom. The van der Waals surface area contributed by atoms with Gasteiger partial charge in [-0.05, 0) is 50.4 Å². The zero-order chi connectivity index (χ0) is 13.1. The SMILES string of the molecule is CC1CCC(CN)CN1Cc1cc(Cl)ccc1O. The van der Waals surface area contributed by atoms with Crippen molar-refractivity contribution in [3.05, 3.63) is 28.8 Å². The minimum atomic E-state index is 0.321. The monoisotopic (exact) mass is 268 g/mol. The Morgan fingerprint density at radius 3 is 2.94 bits per heavy atom. The van der Waals surface area contributed by atoms with Crippen LogP contribution in [0.1, 0.15) is 25.3 Å². The third-order valence-electron chi connectivity index (χ3n) is 3.86. The molecule has 100 valence electrons. The first kappa shape index (κ1) is 13.7. The van der Waals surface area contributed by atoms with Crippen LogP contribution in [-0.2, 0) is 6.54 Å². The fraction of sp³-hybridized carbons (Fsp3) is 0.571. The van der Waals surface area contributed by atoms with Gasteiger partial charge in [-0.1, -0.05) is 11.6 Å². The zero-order valence-electron chi connectivity index (χ0n) is 10.8. The molecule has 2 atom stereocenters. The summed E-state index contributed by atoms with van der Waals surface area (Å²) < 4.78 is 0. The number of piperidine rings is 1. The van der Waals surface area contributed by atoms with Gasteiger partial charge < -0.3 is 10.8 Å². The van der Waals surface area contributed by atoms with Gasteiger partial charge in [0.15, 0.2) is 0 Å². The zero-order valence-corrected chi connectivity index (χ0v) is 11.5. The van der Waals surface area contributed by atoms with Crippen LogP contribution in [0.2, 0.25) is 5.02 Å². The predicted octanol–water partition coefficient (Wildman–Crippen LogP) is 2.60. The molecule has 1 aliphatic heterocycles. The molecule has 1 aromatic rings. The summed E-state index contributed by atoms with van der Waals surface area (Å²) in [4.78, 5) is 2.38. The Hall–Kier alpha value is -0.770. The highest BCUT2D eigenvalue weighted by molar-refractivity contribution is 6.30. The number of benzene rings is 1. The summed E-state index contributed by atoms with van der Waals surface area (Å²) >= 11 is 5.98. The molecule has 3 nitrogen and oxygen atoms in total. The molecule has 4 heteroatoms. The van der Waals surface area contributed by atoms with Gasteiger partial charge in [0.1, 0.15) is 5.75 Å². The summed E-state index contributed by atoms with van der Waals surface area (Å²) in [6.07, 6.45) is 2.37. The van der Waals surface area contributed by atoms with Gasteiger partial charge in [0.2, 0.25) is 0 Å². The summed E-state index contributed by atoms with van der Waals surface area (Å²) in [5.74, 6) is 0.893. The molecule has 0 radical (unpaired) electrons. The van der Waals surface area contributed by atoms with Crippen molar-refractivity contribution in [1.29, 1.82) is 0 Å². The van der Waals surface area contributed by atoms with Crippen LogP contribution in [0.4, 0.5) is 0 Å². The van der Waals surface area contributed by atoms with E-state index in [0.29, 0.717) is 22.7 Å². The number of phenols is 1. The fourth-order valence-corrected chi connectivity index (χ4v) is 2.77. The number of halogens is 1. The first-order valence-electron chi connectivity index (χ1n) is 6.51. The lowest BCUT2D eigenvalue weighted by Crippen LogP contribution is -2.43. The second kappa shape index (κ2) is 5.91. The lowest BCUT2D eigenvalue weighted by atomic mass is 9.93. The Balaban J connectivity index is 2.09. The van der Waals surface area contributed by atoms with Crippen molar-refractivity contribution >= 4 is 11.6 Å². The first-order valence-corrected chi connectivity index (χ1v) is 6.89. The number of nitrogens with zero attached hydrogens (tertiary/aromatic N) is 1. The average molecular weight is 269 g/mol. The molecule has 3 N–H and O–H groups in total. The normalized spacial score (nSPS) is 25.3. The van der Waals surface area contributed by atoms with E-state index in [9.17, 15) is 5.11 Å². The average Bonchev–Trinajstić information content (AvgIpc) is 2.36. The third-order valence-corrected chi connectivity index (χ3v) is 4.09. The molecule has 2 unspecified atom stereocenters. The first-order chi connectivity index (χ1) is 8.60. The molecule has 1 heterocycles. The Morgan fingerprint density at radius 2 is 2.22 bits per heavy atom. The van der Waals surface area contributed by atoms with Gasteiger partial charge in [-0.25, -0.2) is 0 Å². The second-order valence-electron chi connectivity index (χ2n) is 5.23. The van der Waals surface area contributed by atoms with Gasteiger partial charge >= 0.3 is 0 Å². The highest BCUT2D eigenvalue weighted by atomic mass is 35.5. The van der Waals surface area contributed by atoms with Crippen molar-refractivity contribution in [2.24, 2.45) is 11.7 Å². The van der Waals surface area contributed by atoms with Gasteiger partial charge in [-0.3, -0.25) is 4.90 Å². The van der Waals surface area contributed by atoms with E-state index in [1.165, 1.54) is 12.8 Å². The molecule has 1 aliphatic rings. The van der Waals surface area contributed by atoms with Crippen molar-refractivity contribution < 1.29 is 5.11 Å². The maximum Gasteiger partial charge on any atom is 0.120 e. The Kier molecular flexibility index (Phi) is 4.49. The van der Waals surface area contributed by atoms with Crippen molar-refractivity contribution in [3.8, 4) is 5.75 Å². The van der Waals surface area contributed by atoms with Gasteiger partial charge in [-0.15, -0.1) is 0 Å². The van der Waals surface area contributed by atoms with E-state index >= 15 is 0 Å². The molecule has 1 fully saturated rings. The van der Waals surface area contributed by atoms with Crippen LogP contribution in [0.15, 0.2) is 18.2 Å². The van der Waals surface area contributed by atoms with Crippen LogP contribution in [0, 0.1) is 5.92 Å². The van der Waals surface area contributed by atoms with Crippen molar-refractivity contribution in [3.63, 3.8) is 0 Å². The highest BCUT2D eigenvalue weighted by Crippen LogP contribution is 2.27. The molecule has 18 heavy (non-hydrogen) atoms. The molecule has 0 spiro atoms. The fourth-order valence-electron chi connectivity index (χ4n) is 2.57. The van der Waals surface area contributed by atoms with Crippen LogP contribution in [0.5, 0.6) is 5.75 Å². The van der Waals surface area contributed by atoms with E-state index in [1.54, 1.807) is 12.1 Å². The molecule has 0 bridgehead atoms. The topological polar surface area (TPSA) is 49.5 Å². The summed E-state index contributed by atoms with van der Waals surface area (Å²) in [5.41, 5.74) is 6.66. The number of rotatable bonds is 3. The largest absolute Gasteiger partial charge is 0.508 e. The quantitative estimate of drug-likeness (QED) is 0.886. The summed E-state index contributed by atoms with van der Waals surface area (Å²) in [6, 6.07) is 5.75. The third kappa shape index (κ3) is 3.16. The van der Waals surface area contributed by atoms with Gasteiger partial charge in [0.25, 0.3) is 0 Å². The number of hydrogen-bond donors (Lipinski definition) is 2. The lowest BCUT2D eigenvalue weighted by Gasteiger charge is -2.37. The molecular weight excluding hydrogens is 248 g/mol. The van der Waals surface area contributed by atoms with Crippen LogP contribution in [0.25, 0.3) is 0 Å². The number of phenolic OH excluding ortho intramolecular Hbond substituents is 1. The van der Waals surface area contributed by atoms with E-state index in [2.05, 4.69) is 11.8 Å². The van der Waals surface area contributed by atoms with E-state index in [0.717, 1.165) is 25.2 Å². The number of aromatic hydroxyl groups is 1. The molecule has 0 saturated carbocycles. The van der Waals surface area contributed by atoms with E-state index in [4.69, 9.17) is 17.3 Å². The number of likely N-dealkylation sites (tertiary alicyclic amines) is 1. The molecule has 1 saturated heterocycles. The van der Waals surface area contributed by atoms with Crippen LogP contribution < -0.4 is 5.73 Å². The minimum absolute atomic E-state index is 0.321. The van der Waals surface area contributed by atoms with E-state index < -0.39 is 0 Å². The lowest BCUT2D eigenvalue weighted by molar-refractivity contribution is 0.112. The Bertz CT molecular complexity index is 411. The Labute approximate surface area is 114 Å². The van der Waals surface area contributed by atoms with E-state index in [-0.39, 0.29) is 0 Å². The summed E-state index contributed by atoms with van der Waals surface area (Å²) in [7, 11) is 0. The minimum Gasteiger partial charge on any atom is -0.508 e. The molecule has 0 aromatic heterocycles. The summed E-state index contributed by atoms with van der Waals surface area (Å²) in [6.45, 7) is 4.72. The molecule has 0 amide bonds. The molecular formula is C14H21ClN2O.